The molecule has 150 valence electrons. The second kappa shape index (κ2) is 8.60. The van der Waals surface area contributed by atoms with Crippen LogP contribution in [0.3, 0.4) is 0 Å². The average Bonchev–Trinajstić information content (AvgIpc) is 3.29. The predicted molar refractivity (Wildman–Crippen MR) is 106 cm³/mol. The number of hydrogen-bond donors (Lipinski definition) is 0. The lowest BCUT2D eigenvalue weighted by Crippen LogP contribution is -2.30. The highest BCUT2D eigenvalue weighted by Gasteiger charge is 2.19. The van der Waals surface area contributed by atoms with E-state index in [2.05, 4.69) is 15.2 Å². The summed E-state index contributed by atoms with van der Waals surface area (Å²) in [7, 11) is 0. The lowest BCUT2D eigenvalue weighted by atomic mass is 10.1. The SMILES string of the molecule is O=C(c1ccncc1)N(Cc1ccc(-c2nnc(C(F)F)o2)cc1)c1ccccc1. The maximum Gasteiger partial charge on any atom is 0.314 e. The molecule has 0 saturated heterocycles. The Morgan fingerprint density at radius 1 is 0.933 bits per heavy atom. The number of carbonyl (C=O) groups is 1. The minimum absolute atomic E-state index is 0.0182. The van der Waals surface area contributed by atoms with E-state index < -0.39 is 12.3 Å². The Hall–Kier alpha value is -3.94. The number of hydrogen-bond acceptors (Lipinski definition) is 5. The van der Waals surface area contributed by atoms with Gasteiger partial charge >= 0.3 is 6.43 Å². The van der Waals surface area contributed by atoms with E-state index in [1.807, 2.05) is 30.3 Å². The van der Waals surface area contributed by atoms with Gasteiger partial charge in [-0.1, -0.05) is 30.3 Å². The first kappa shape index (κ1) is 19.4. The smallest absolute Gasteiger partial charge is 0.314 e. The molecule has 0 unspecified atom stereocenters. The van der Waals surface area contributed by atoms with Gasteiger partial charge in [0.05, 0.1) is 6.54 Å². The van der Waals surface area contributed by atoms with Crippen LogP contribution in [-0.2, 0) is 6.54 Å². The van der Waals surface area contributed by atoms with Crippen molar-refractivity contribution in [3.63, 3.8) is 0 Å². The van der Waals surface area contributed by atoms with Crippen molar-refractivity contribution in [2.45, 2.75) is 13.0 Å². The van der Waals surface area contributed by atoms with E-state index in [0.29, 0.717) is 17.7 Å². The molecule has 0 saturated carbocycles. The molecule has 0 fully saturated rings. The summed E-state index contributed by atoms with van der Waals surface area (Å²) in [6.45, 7) is 0.317. The van der Waals surface area contributed by atoms with Crippen LogP contribution in [0.15, 0.2) is 83.5 Å². The summed E-state index contributed by atoms with van der Waals surface area (Å²) in [4.78, 5) is 18.7. The van der Waals surface area contributed by atoms with E-state index in [-0.39, 0.29) is 11.8 Å². The first-order chi connectivity index (χ1) is 14.6. The lowest BCUT2D eigenvalue weighted by molar-refractivity contribution is 0.0985. The quantitative estimate of drug-likeness (QED) is 0.455. The first-order valence-corrected chi connectivity index (χ1v) is 9.09. The molecule has 1 amide bonds. The Bertz CT molecular complexity index is 1120. The normalized spacial score (nSPS) is 10.9. The summed E-state index contributed by atoms with van der Waals surface area (Å²) in [5.41, 5.74) is 2.64. The largest absolute Gasteiger partial charge is 0.415 e. The number of carbonyl (C=O) groups excluding carboxylic acids is 1. The van der Waals surface area contributed by atoms with Crippen molar-refractivity contribution >= 4 is 11.6 Å². The third kappa shape index (κ3) is 4.22. The highest BCUT2D eigenvalue weighted by Crippen LogP contribution is 2.25. The number of aromatic nitrogens is 3. The molecule has 2 aromatic heterocycles. The van der Waals surface area contributed by atoms with Crippen molar-refractivity contribution in [2.24, 2.45) is 0 Å². The molecule has 0 spiro atoms. The van der Waals surface area contributed by atoms with Crippen LogP contribution < -0.4 is 4.90 Å². The van der Waals surface area contributed by atoms with E-state index in [4.69, 9.17) is 4.42 Å². The van der Waals surface area contributed by atoms with Crippen molar-refractivity contribution in [3.8, 4) is 11.5 Å². The highest BCUT2D eigenvalue weighted by molar-refractivity contribution is 6.05. The molecule has 0 aliphatic rings. The molecule has 0 N–H and O–H groups in total. The van der Waals surface area contributed by atoms with Crippen LogP contribution >= 0.6 is 0 Å². The van der Waals surface area contributed by atoms with Gasteiger partial charge in [0.15, 0.2) is 0 Å². The highest BCUT2D eigenvalue weighted by atomic mass is 19.3. The molecule has 0 bridgehead atoms. The Morgan fingerprint density at radius 2 is 1.63 bits per heavy atom. The monoisotopic (exact) mass is 406 g/mol. The number of benzene rings is 2. The van der Waals surface area contributed by atoms with Gasteiger partial charge in [-0.15, -0.1) is 10.2 Å². The zero-order chi connectivity index (χ0) is 20.9. The molecule has 4 rings (SSSR count). The van der Waals surface area contributed by atoms with Crippen LogP contribution in [0.4, 0.5) is 14.5 Å². The lowest BCUT2D eigenvalue weighted by Gasteiger charge is -2.23. The molecule has 0 aliphatic carbocycles. The molecule has 30 heavy (non-hydrogen) atoms. The van der Waals surface area contributed by atoms with E-state index >= 15 is 0 Å². The minimum atomic E-state index is -2.82. The Balaban J connectivity index is 1.59. The number of anilines is 1. The number of halogens is 2. The summed E-state index contributed by atoms with van der Waals surface area (Å²) in [5.74, 6) is -0.858. The number of alkyl halides is 2. The van der Waals surface area contributed by atoms with Gasteiger partial charge in [-0.2, -0.15) is 8.78 Å². The van der Waals surface area contributed by atoms with Gasteiger partial charge in [0, 0.05) is 29.2 Å². The van der Waals surface area contributed by atoms with Crippen LogP contribution in [0, 0.1) is 0 Å². The fourth-order valence-electron chi connectivity index (χ4n) is 2.91. The van der Waals surface area contributed by atoms with Gasteiger partial charge < -0.3 is 9.32 Å². The maximum absolute atomic E-state index is 13.1. The van der Waals surface area contributed by atoms with Crippen molar-refractivity contribution in [1.29, 1.82) is 0 Å². The minimum Gasteiger partial charge on any atom is -0.415 e. The average molecular weight is 406 g/mol. The number of pyridine rings is 1. The summed E-state index contributed by atoms with van der Waals surface area (Å²) < 4.78 is 30.3. The molecule has 0 aliphatic heterocycles. The van der Waals surface area contributed by atoms with Gasteiger partial charge in [-0.3, -0.25) is 9.78 Å². The third-order valence-corrected chi connectivity index (χ3v) is 4.41. The van der Waals surface area contributed by atoms with Crippen LogP contribution in [0.5, 0.6) is 0 Å². The predicted octanol–water partition coefficient (Wildman–Crippen LogP) is 4.92. The standard InChI is InChI=1S/C22H16F2N4O2/c23-19(24)21-27-26-20(30-21)16-8-6-15(7-9-16)14-28(18-4-2-1-3-5-18)22(29)17-10-12-25-13-11-17/h1-13,19H,14H2. The first-order valence-electron chi connectivity index (χ1n) is 9.09. The molecule has 2 aromatic carbocycles. The molecular weight excluding hydrogens is 390 g/mol. The van der Waals surface area contributed by atoms with Crippen LogP contribution in [0.2, 0.25) is 0 Å². The Kier molecular flexibility index (Phi) is 5.56. The van der Waals surface area contributed by atoms with Crippen LogP contribution in [0.25, 0.3) is 11.5 Å². The van der Waals surface area contributed by atoms with Crippen molar-refractivity contribution in [3.05, 3.63) is 96.1 Å². The fraction of sp³-hybridized carbons (Fsp3) is 0.0909. The van der Waals surface area contributed by atoms with Crippen molar-refractivity contribution in [2.75, 3.05) is 4.90 Å². The van der Waals surface area contributed by atoms with Crippen molar-refractivity contribution < 1.29 is 18.0 Å². The summed E-state index contributed by atoms with van der Waals surface area (Å²) in [5, 5.41) is 6.98. The van der Waals surface area contributed by atoms with Gasteiger partial charge in [0.1, 0.15) is 0 Å². The number of amides is 1. The van der Waals surface area contributed by atoms with Gasteiger partial charge in [-0.05, 0) is 42.0 Å². The van der Waals surface area contributed by atoms with Crippen molar-refractivity contribution in [1.82, 2.24) is 15.2 Å². The summed E-state index contributed by atoms with van der Waals surface area (Å²) >= 11 is 0. The molecule has 6 nitrogen and oxygen atoms in total. The number of nitrogens with zero attached hydrogens (tertiary/aromatic N) is 4. The van der Waals surface area contributed by atoms with E-state index in [1.54, 1.807) is 53.7 Å². The second-order valence-electron chi connectivity index (χ2n) is 6.41. The van der Waals surface area contributed by atoms with Gasteiger partial charge in [0.2, 0.25) is 5.89 Å². The molecule has 0 atom stereocenters. The topological polar surface area (TPSA) is 72.1 Å². The van der Waals surface area contributed by atoms with E-state index in [1.165, 1.54) is 0 Å². The fourth-order valence-corrected chi connectivity index (χ4v) is 2.91. The van der Waals surface area contributed by atoms with E-state index in [0.717, 1.165) is 11.3 Å². The van der Waals surface area contributed by atoms with E-state index in [9.17, 15) is 13.6 Å². The maximum atomic E-state index is 13.1. The Labute approximate surface area is 170 Å². The number of para-hydroxylation sites is 1. The molecule has 4 aromatic rings. The van der Waals surface area contributed by atoms with Gasteiger partial charge in [-0.25, -0.2) is 0 Å². The third-order valence-electron chi connectivity index (χ3n) is 4.41. The van der Waals surface area contributed by atoms with Crippen LogP contribution in [-0.4, -0.2) is 21.1 Å². The Morgan fingerprint density at radius 3 is 2.27 bits per heavy atom. The molecule has 0 radical (unpaired) electrons. The van der Waals surface area contributed by atoms with Crippen LogP contribution in [0.1, 0.15) is 28.2 Å². The molecular formula is C22H16F2N4O2. The van der Waals surface area contributed by atoms with Gasteiger partial charge in [0.25, 0.3) is 11.8 Å². The summed E-state index contributed by atoms with van der Waals surface area (Å²) in [6, 6.07) is 19.6. The number of rotatable bonds is 6. The molecule has 8 heteroatoms. The zero-order valence-electron chi connectivity index (χ0n) is 15.7. The molecule has 2 heterocycles. The second-order valence-corrected chi connectivity index (χ2v) is 6.41. The zero-order valence-corrected chi connectivity index (χ0v) is 15.7. The summed E-state index contributed by atoms with van der Waals surface area (Å²) in [6.07, 6.45) is 0.330.